The van der Waals surface area contributed by atoms with Gasteiger partial charge in [-0.2, -0.15) is 11.3 Å². The Morgan fingerprint density at radius 2 is 1.96 bits per heavy atom. The highest BCUT2D eigenvalue weighted by Crippen LogP contribution is 2.11. The summed E-state index contributed by atoms with van der Waals surface area (Å²) in [6.45, 7) is 2.61. The number of anilines is 1. The molecule has 1 atom stereocenters. The number of hydrogen-bond donors (Lipinski definition) is 2. The molecule has 2 rings (SSSR count). The number of nitrogens with one attached hydrogen (secondary N) is 2. The molecule has 2 aromatic rings. The summed E-state index contributed by atoms with van der Waals surface area (Å²) in [7, 11) is 1.98. The minimum absolute atomic E-state index is 0.0198. The smallest absolute Gasteiger partial charge is 0.252 e. The van der Waals surface area contributed by atoms with Crippen LogP contribution in [-0.4, -0.2) is 38.0 Å². The highest BCUT2D eigenvalue weighted by molar-refractivity contribution is 7.08. The summed E-state index contributed by atoms with van der Waals surface area (Å²) in [6.07, 6.45) is 0. The van der Waals surface area contributed by atoms with Crippen LogP contribution in [0.3, 0.4) is 0 Å². The first-order valence-electron chi connectivity index (χ1n) is 7.42. The van der Waals surface area contributed by atoms with Crippen LogP contribution in [0.25, 0.3) is 0 Å². The first kappa shape index (κ1) is 17.0. The van der Waals surface area contributed by atoms with E-state index in [0.29, 0.717) is 12.1 Å². The van der Waals surface area contributed by atoms with Crippen molar-refractivity contribution >= 4 is 28.8 Å². The molecule has 122 valence electrons. The van der Waals surface area contributed by atoms with Crippen molar-refractivity contribution < 1.29 is 9.59 Å². The van der Waals surface area contributed by atoms with Crippen LogP contribution in [0.15, 0.2) is 47.2 Å². The van der Waals surface area contributed by atoms with Gasteiger partial charge in [-0.15, -0.1) is 0 Å². The number of rotatable bonds is 7. The molecule has 23 heavy (non-hydrogen) atoms. The van der Waals surface area contributed by atoms with E-state index in [1.807, 2.05) is 49.7 Å². The van der Waals surface area contributed by atoms with E-state index < -0.39 is 0 Å². The summed E-state index contributed by atoms with van der Waals surface area (Å²) in [6, 6.07) is 11.7. The number of nitrogens with zero attached hydrogens (tertiary/aromatic N) is 1. The minimum Gasteiger partial charge on any atom is -0.373 e. The van der Waals surface area contributed by atoms with Crippen molar-refractivity contribution in [1.29, 1.82) is 0 Å². The molecule has 0 spiro atoms. The molecule has 0 aliphatic rings. The van der Waals surface area contributed by atoms with Gasteiger partial charge in [-0.3, -0.25) is 9.59 Å². The monoisotopic (exact) mass is 331 g/mol. The zero-order chi connectivity index (χ0) is 16.7. The Morgan fingerprint density at radius 3 is 2.61 bits per heavy atom. The Hall–Kier alpha value is -2.34. The van der Waals surface area contributed by atoms with Gasteiger partial charge in [0.05, 0.1) is 6.54 Å². The molecule has 1 aromatic heterocycles. The second-order valence-corrected chi connectivity index (χ2v) is 6.16. The average Bonchev–Trinajstić information content (AvgIpc) is 3.07. The van der Waals surface area contributed by atoms with Crippen molar-refractivity contribution in [2.45, 2.75) is 13.0 Å². The third kappa shape index (κ3) is 5.41. The summed E-state index contributed by atoms with van der Waals surface area (Å²) < 4.78 is 0. The fourth-order valence-corrected chi connectivity index (χ4v) is 2.86. The van der Waals surface area contributed by atoms with Gasteiger partial charge >= 0.3 is 0 Å². The molecular weight excluding hydrogens is 310 g/mol. The Balaban J connectivity index is 1.73. The standard InChI is InChI=1S/C17H21N3O2S/c1-13(11-20(2)15-6-4-3-5-7-15)19-16(21)10-18-17(22)14-8-9-23-12-14/h3-9,12-13H,10-11H2,1-2H3,(H,18,22)(H,19,21)/t13-/m1/s1. The van der Waals surface area contributed by atoms with Crippen LogP contribution in [0, 0.1) is 0 Å². The van der Waals surface area contributed by atoms with Crippen LogP contribution < -0.4 is 15.5 Å². The van der Waals surface area contributed by atoms with Crippen molar-refractivity contribution in [3.63, 3.8) is 0 Å². The highest BCUT2D eigenvalue weighted by Gasteiger charge is 2.12. The predicted octanol–water partition coefficient (Wildman–Crippen LogP) is 2.12. The van der Waals surface area contributed by atoms with Crippen LogP contribution in [0.5, 0.6) is 0 Å². The molecule has 0 saturated heterocycles. The van der Waals surface area contributed by atoms with Crippen LogP contribution >= 0.6 is 11.3 Å². The van der Waals surface area contributed by atoms with E-state index in [0.717, 1.165) is 5.69 Å². The zero-order valence-electron chi connectivity index (χ0n) is 13.3. The van der Waals surface area contributed by atoms with Crippen molar-refractivity contribution in [3.8, 4) is 0 Å². The summed E-state index contributed by atoms with van der Waals surface area (Å²) in [5.41, 5.74) is 1.68. The first-order valence-corrected chi connectivity index (χ1v) is 8.36. The maximum Gasteiger partial charge on any atom is 0.252 e. The van der Waals surface area contributed by atoms with E-state index in [9.17, 15) is 9.59 Å². The fourth-order valence-electron chi connectivity index (χ4n) is 2.23. The Morgan fingerprint density at radius 1 is 1.22 bits per heavy atom. The topological polar surface area (TPSA) is 61.4 Å². The molecule has 0 radical (unpaired) electrons. The number of likely N-dealkylation sites (N-methyl/N-ethyl adjacent to an activating group) is 1. The van der Waals surface area contributed by atoms with Crippen molar-refractivity contribution in [1.82, 2.24) is 10.6 Å². The number of hydrogen-bond acceptors (Lipinski definition) is 4. The molecule has 1 aromatic carbocycles. The van der Waals surface area contributed by atoms with Gasteiger partial charge in [-0.05, 0) is 30.5 Å². The van der Waals surface area contributed by atoms with E-state index in [1.54, 1.807) is 11.4 Å². The first-order chi connectivity index (χ1) is 11.1. The molecule has 0 fully saturated rings. The van der Waals surface area contributed by atoms with Crippen LogP contribution in [0.4, 0.5) is 5.69 Å². The molecular formula is C17H21N3O2S. The number of thiophene rings is 1. The molecule has 0 unspecified atom stereocenters. The van der Waals surface area contributed by atoms with Crippen LogP contribution in [0.1, 0.15) is 17.3 Å². The second kappa shape index (κ2) is 8.33. The normalized spacial score (nSPS) is 11.6. The number of carbonyl (C=O) groups is 2. The molecule has 2 amide bonds. The molecule has 0 aliphatic heterocycles. The Kier molecular flexibility index (Phi) is 6.17. The highest BCUT2D eigenvalue weighted by atomic mass is 32.1. The quantitative estimate of drug-likeness (QED) is 0.817. The number of amides is 2. The lowest BCUT2D eigenvalue weighted by molar-refractivity contribution is -0.120. The summed E-state index contributed by atoms with van der Waals surface area (Å²) in [5, 5.41) is 9.09. The van der Waals surface area contributed by atoms with Gasteiger partial charge in [0, 0.05) is 36.3 Å². The van der Waals surface area contributed by atoms with Gasteiger partial charge in [0.15, 0.2) is 0 Å². The lowest BCUT2D eigenvalue weighted by Gasteiger charge is -2.24. The van der Waals surface area contributed by atoms with E-state index in [-0.39, 0.29) is 24.4 Å². The number of benzene rings is 1. The van der Waals surface area contributed by atoms with E-state index >= 15 is 0 Å². The molecule has 5 nitrogen and oxygen atoms in total. The second-order valence-electron chi connectivity index (χ2n) is 5.38. The summed E-state index contributed by atoms with van der Waals surface area (Å²) in [4.78, 5) is 25.7. The van der Waals surface area contributed by atoms with Crippen LogP contribution in [0.2, 0.25) is 0 Å². The summed E-state index contributed by atoms with van der Waals surface area (Å²) >= 11 is 1.45. The number of carbonyl (C=O) groups excluding carboxylic acids is 2. The van der Waals surface area contributed by atoms with E-state index in [4.69, 9.17) is 0 Å². The molecule has 2 N–H and O–H groups in total. The molecule has 6 heteroatoms. The van der Waals surface area contributed by atoms with Crippen molar-refractivity contribution in [2.75, 3.05) is 25.0 Å². The predicted molar refractivity (Wildman–Crippen MR) is 94.0 cm³/mol. The van der Waals surface area contributed by atoms with E-state index in [1.165, 1.54) is 11.3 Å². The van der Waals surface area contributed by atoms with E-state index in [2.05, 4.69) is 15.5 Å². The van der Waals surface area contributed by atoms with Crippen LogP contribution in [-0.2, 0) is 4.79 Å². The largest absolute Gasteiger partial charge is 0.373 e. The van der Waals surface area contributed by atoms with Gasteiger partial charge in [0.1, 0.15) is 0 Å². The fraction of sp³-hybridized carbons (Fsp3) is 0.294. The third-order valence-electron chi connectivity index (χ3n) is 3.34. The lowest BCUT2D eigenvalue weighted by Crippen LogP contribution is -2.45. The van der Waals surface area contributed by atoms with Gasteiger partial charge in [-0.25, -0.2) is 0 Å². The van der Waals surface area contributed by atoms with Crippen molar-refractivity contribution in [3.05, 3.63) is 52.7 Å². The molecule has 0 bridgehead atoms. The Labute approximate surface area is 140 Å². The van der Waals surface area contributed by atoms with Gasteiger partial charge in [0.25, 0.3) is 5.91 Å². The molecule has 0 aliphatic carbocycles. The summed E-state index contributed by atoms with van der Waals surface area (Å²) in [5.74, 6) is -0.419. The average molecular weight is 331 g/mol. The van der Waals surface area contributed by atoms with Gasteiger partial charge < -0.3 is 15.5 Å². The third-order valence-corrected chi connectivity index (χ3v) is 4.03. The molecule has 1 heterocycles. The van der Waals surface area contributed by atoms with Crippen molar-refractivity contribution in [2.24, 2.45) is 0 Å². The minimum atomic E-state index is -0.226. The van der Waals surface area contributed by atoms with Gasteiger partial charge in [0.2, 0.25) is 5.91 Å². The lowest BCUT2D eigenvalue weighted by atomic mass is 10.2. The number of para-hydroxylation sites is 1. The maximum atomic E-state index is 11.9. The SMILES string of the molecule is C[C@H](CN(C)c1ccccc1)NC(=O)CNC(=O)c1ccsc1. The Bertz CT molecular complexity index is 629. The zero-order valence-corrected chi connectivity index (χ0v) is 14.1. The maximum absolute atomic E-state index is 11.9. The van der Waals surface area contributed by atoms with Gasteiger partial charge in [-0.1, -0.05) is 18.2 Å². The molecule has 0 saturated carbocycles.